The summed E-state index contributed by atoms with van der Waals surface area (Å²) < 4.78 is 18.6. The van der Waals surface area contributed by atoms with Gasteiger partial charge in [-0.3, -0.25) is 0 Å². The third-order valence-corrected chi connectivity index (χ3v) is 10.1. The van der Waals surface area contributed by atoms with Crippen molar-refractivity contribution in [2.45, 2.75) is 57.0 Å². The molecule has 9 heteroatoms. The molecule has 4 atom stereocenters. The number of piperidine rings is 1. The van der Waals surface area contributed by atoms with Crippen LogP contribution < -0.4 is 5.32 Å². The number of rotatable bonds is 11. The lowest BCUT2D eigenvalue weighted by Crippen LogP contribution is -2.49. The number of amides is 1. The van der Waals surface area contributed by atoms with Crippen molar-refractivity contribution in [1.29, 1.82) is 0 Å². The number of aliphatic hydroxyl groups excluding tert-OH is 1. The van der Waals surface area contributed by atoms with Crippen molar-refractivity contribution in [3.63, 3.8) is 0 Å². The average Bonchev–Trinajstić information content (AvgIpc) is 3.15. The second-order valence-corrected chi connectivity index (χ2v) is 13.7. The fraction of sp³-hybridized carbons (Fsp3) is 0.341. The summed E-state index contributed by atoms with van der Waals surface area (Å²) in [5.41, 5.74) is 5.75. The lowest BCUT2D eigenvalue weighted by atomic mass is 9.84. The van der Waals surface area contributed by atoms with E-state index in [0.29, 0.717) is 31.0 Å². The van der Waals surface area contributed by atoms with Crippen molar-refractivity contribution in [3.05, 3.63) is 143 Å². The molecule has 0 radical (unpaired) electrons. The molecule has 4 aromatic rings. The lowest BCUT2D eigenvalue weighted by Gasteiger charge is -2.45. The Kier molecular flexibility index (Phi) is 11.7. The van der Waals surface area contributed by atoms with Crippen LogP contribution in [0.15, 0.2) is 110 Å². The Bertz CT molecular complexity index is 1740. The zero-order chi connectivity index (χ0) is 35.1. The summed E-state index contributed by atoms with van der Waals surface area (Å²) in [7, 11) is 0. The molecule has 0 spiro atoms. The van der Waals surface area contributed by atoms with E-state index in [4.69, 9.17) is 25.8 Å². The number of benzene rings is 4. The molecule has 8 nitrogen and oxygen atoms in total. The van der Waals surface area contributed by atoms with Gasteiger partial charge in [-0.15, -0.1) is 0 Å². The number of nitrogens with one attached hydrogen (secondary N) is 1. The molecular formula is C41H45ClN2O6. The van der Waals surface area contributed by atoms with E-state index < -0.39 is 18.0 Å². The number of hydrogen-bond acceptors (Lipinski definition) is 7. The number of halogens is 1. The molecule has 50 heavy (non-hydrogen) atoms. The molecule has 2 fully saturated rings. The van der Waals surface area contributed by atoms with Gasteiger partial charge in [-0.1, -0.05) is 104 Å². The summed E-state index contributed by atoms with van der Waals surface area (Å²) in [6.45, 7) is 8.39. The summed E-state index contributed by atoms with van der Waals surface area (Å²) in [5.74, 6) is 0.0360. The molecule has 0 saturated carbocycles. The monoisotopic (exact) mass is 696 g/mol. The third-order valence-electron chi connectivity index (χ3n) is 9.81. The highest BCUT2D eigenvalue weighted by molar-refractivity contribution is 6.30. The van der Waals surface area contributed by atoms with Gasteiger partial charge < -0.3 is 34.6 Å². The maximum absolute atomic E-state index is 11.9. The van der Waals surface area contributed by atoms with E-state index in [1.807, 2.05) is 84.9 Å². The van der Waals surface area contributed by atoms with Crippen LogP contribution in [0, 0.1) is 5.92 Å². The van der Waals surface area contributed by atoms with E-state index in [2.05, 4.69) is 35.9 Å². The molecular weight excluding hydrogens is 652 g/mol. The SMILES string of the molecule is C=CCOC(=O)NCc1cccc(-c2cccc(C3OC(CN4CCC(O)(c5ccc(Cl)cc5)CC4)C(C)C(c4ccc(CO)cc4)O3)c2)c1. The average molecular weight is 697 g/mol. The number of aliphatic hydroxyl groups is 2. The van der Waals surface area contributed by atoms with E-state index in [0.717, 1.165) is 52.0 Å². The molecule has 4 aromatic carbocycles. The van der Waals surface area contributed by atoms with Gasteiger partial charge in [0.15, 0.2) is 6.29 Å². The zero-order valence-electron chi connectivity index (χ0n) is 28.3. The second kappa shape index (κ2) is 16.3. The van der Waals surface area contributed by atoms with E-state index in [9.17, 15) is 15.0 Å². The normalized spacial score (nSPS) is 22.1. The van der Waals surface area contributed by atoms with E-state index in [1.54, 1.807) is 0 Å². The fourth-order valence-corrected chi connectivity index (χ4v) is 6.95. The number of hydrogen-bond donors (Lipinski definition) is 3. The van der Waals surface area contributed by atoms with Gasteiger partial charge in [0.1, 0.15) is 6.61 Å². The number of nitrogens with zero attached hydrogens (tertiary/aromatic N) is 1. The lowest BCUT2D eigenvalue weighted by molar-refractivity contribution is -0.277. The van der Waals surface area contributed by atoms with Gasteiger partial charge in [0, 0.05) is 42.7 Å². The van der Waals surface area contributed by atoms with Crippen LogP contribution in [0.2, 0.25) is 5.02 Å². The van der Waals surface area contributed by atoms with Crippen molar-refractivity contribution in [2.24, 2.45) is 5.92 Å². The van der Waals surface area contributed by atoms with Crippen LogP contribution in [0.5, 0.6) is 0 Å². The van der Waals surface area contributed by atoms with Gasteiger partial charge in [0.25, 0.3) is 0 Å². The van der Waals surface area contributed by atoms with Crippen molar-refractivity contribution in [1.82, 2.24) is 10.2 Å². The summed E-state index contributed by atoms with van der Waals surface area (Å²) in [5, 5.41) is 24.6. The maximum atomic E-state index is 11.9. The van der Waals surface area contributed by atoms with Gasteiger partial charge in [-0.2, -0.15) is 0 Å². The molecule has 2 heterocycles. The van der Waals surface area contributed by atoms with Crippen molar-refractivity contribution < 1.29 is 29.2 Å². The molecule has 1 amide bonds. The highest BCUT2D eigenvalue weighted by Gasteiger charge is 2.41. The zero-order valence-corrected chi connectivity index (χ0v) is 29.1. The number of alkyl carbamates (subject to hydrolysis) is 1. The fourth-order valence-electron chi connectivity index (χ4n) is 6.82. The maximum Gasteiger partial charge on any atom is 0.407 e. The molecule has 2 saturated heterocycles. The van der Waals surface area contributed by atoms with Gasteiger partial charge in [-0.05, 0) is 70.5 Å². The first-order chi connectivity index (χ1) is 24.2. The predicted octanol–water partition coefficient (Wildman–Crippen LogP) is 7.69. The second-order valence-electron chi connectivity index (χ2n) is 13.2. The van der Waals surface area contributed by atoms with E-state index >= 15 is 0 Å². The minimum atomic E-state index is -0.884. The molecule has 0 bridgehead atoms. The van der Waals surface area contributed by atoms with Crippen LogP contribution >= 0.6 is 11.6 Å². The molecule has 262 valence electrons. The van der Waals surface area contributed by atoms with Crippen molar-refractivity contribution >= 4 is 17.7 Å². The van der Waals surface area contributed by atoms with E-state index in [-0.39, 0.29) is 31.3 Å². The van der Waals surface area contributed by atoms with Gasteiger partial charge in [0.2, 0.25) is 0 Å². The Morgan fingerprint density at radius 3 is 2.36 bits per heavy atom. The molecule has 0 aromatic heterocycles. The molecule has 6 rings (SSSR count). The Labute approximate surface area is 299 Å². The quantitative estimate of drug-likeness (QED) is 0.138. The van der Waals surface area contributed by atoms with Crippen LogP contribution in [0.1, 0.15) is 60.0 Å². The standard InChI is InChI=1S/C41H45ClN2O6/c1-3-22-48-40(46)43-25-30-6-4-7-32(23-30)33-8-5-9-34(24-33)39-49-37(28(2)38(50-39)31-12-10-29(27-45)11-13-31)26-44-20-18-41(47,19-21-44)35-14-16-36(42)17-15-35/h3-17,23-24,28,37-39,45,47H,1,18-22,25-27H2,2H3,(H,43,46). The smallest absolute Gasteiger partial charge is 0.407 e. The Balaban J connectivity index is 1.20. The molecule has 2 aliphatic heterocycles. The first-order valence-electron chi connectivity index (χ1n) is 17.2. The minimum Gasteiger partial charge on any atom is -0.445 e. The van der Waals surface area contributed by atoms with Crippen molar-refractivity contribution in [3.8, 4) is 11.1 Å². The highest BCUT2D eigenvalue weighted by atomic mass is 35.5. The molecule has 2 aliphatic rings. The molecule has 3 N–H and O–H groups in total. The topological polar surface area (TPSA) is 100 Å². The van der Waals surface area contributed by atoms with Gasteiger partial charge in [-0.25, -0.2) is 4.79 Å². The molecule has 4 unspecified atom stereocenters. The number of likely N-dealkylation sites (tertiary alicyclic amines) is 1. The van der Waals surface area contributed by atoms with Crippen molar-refractivity contribution in [2.75, 3.05) is 26.2 Å². The first kappa shape index (κ1) is 35.8. The van der Waals surface area contributed by atoms with Crippen LogP contribution in [0.3, 0.4) is 0 Å². The minimum absolute atomic E-state index is 0.0174. The largest absolute Gasteiger partial charge is 0.445 e. The molecule has 0 aliphatic carbocycles. The van der Waals surface area contributed by atoms with Crippen LogP contribution in [-0.4, -0.2) is 53.6 Å². The number of ether oxygens (including phenoxy) is 3. The Morgan fingerprint density at radius 1 is 0.960 bits per heavy atom. The van der Waals surface area contributed by atoms with Gasteiger partial charge in [0.05, 0.1) is 24.4 Å². The van der Waals surface area contributed by atoms with Crippen LogP contribution in [0.4, 0.5) is 4.79 Å². The Hall–Kier alpha value is -4.02. The third kappa shape index (κ3) is 8.64. The summed E-state index contributed by atoms with van der Waals surface area (Å²) >= 11 is 6.10. The van der Waals surface area contributed by atoms with Gasteiger partial charge >= 0.3 is 6.09 Å². The summed E-state index contributed by atoms with van der Waals surface area (Å²) in [6.07, 6.45) is 1.29. The van der Waals surface area contributed by atoms with Crippen LogP contribution in [0.25, 0.3) is 11.1 Å². The van der Waals surface area contributed by atoms with E-state index in [1.165, 1.54) is 6.08 Å². The Morgan fingerprint density at radius 2 is 1.66 bits per heavy atom. The number of carbonyl (C=O) groups excluding carboxylic acids is 1. The first-order valence-corrected chi connectivity index (χ1v) is 17.5. The summed E-state index contributed by atoms with van der Waals surface area (Å²) in [4.78, 5) is 14.3. The number of carbonyl (C=O) groups is 1. The highest BCUT2D eigenvalue weighted by Crippen LogP contribution is 2.43. The summed E-state index contributed by atoms with van der Waals surface area (Å²) in [6, 6.07) is 31.7. The van der Waals surface area contributed by atoms with Crippen LogP contribution in [-0.2, 0) is 33.0 Å². The predicted molar refractivity (Wildman–Crippen MR) is 194 cm³/mol.